The van der Waals surface area contributed by atoms with E-state index in [0.717, 1.165) is 4.68 Å². The second kappa shape index (κ2) is 8.24. The number of aromatic nitrogens is 3. The molecule has 0 spiro atoms. The number of nitrogens with zero attached hydrogens (tertiary/aromatic N) is 4. The molecule has 1 fully saturated rings. The third-order valence-corrected chi connectivity index (χ3v) is 5.69. The number of carboxylic acids is 2. The maximum atomic E-state index is 12.4. The van der Waals surface area contributed by atoms with Crippen molar-refractivity contribution in [2.24, 2.45) is 0 Å². The van der Waals surface area contributed by atoms with Gasteiger partial charge in [0.1, 0.15) is 11.9 Å². The molecule has 4 rings (SSSR count). The van der Waals surface area contributed by atoms with Crippen molar-refractivity contribution < 1.29 is 39.4 Å². The number of hydrogen-bond acceptors (Lipinski definition) is 10. The maximum absolute atomic E-state index is 12.4. The highest BCUT2D eigenvalue weighted by Crippen LogP contribution is 2.34. The second-order valence-electron chi connectivity index (χ2n) is 8.24. The van der Waals surface area contributed by atoms with Crippen LogP contribution in [-0.4, -0.2) is 73.5 Å². The highest BCUT2D eigenvalue weighted by atomic mass is 16.5. The van der Waals surface area contributed by atoms with Crippen molar-refractivity contribution in [2.45, 2.75) is 38.1 Å². The molecule has 0 radical (unpaired) electrons. The van der Waals surface area contributed by atoms with Gasteiger partial charge in [-0.1, -0.05) is 23.3 Å². The number of aromatic carboxylic acids is 1. The lowest BCUT2D eigenvalue weighted by atomic mass is 9.47. The number of carbonyl (C=O) groups excluding carboxylic acids is 3. The summed E-state index contributed by atoms with van der Waals surface area (Å²) in [6.45, 7) is -2.68. The monoisotopic (exact) mass is 443 g/mol. The van der Waals surface area contributed by atoms with Crippen LogP contribution in [-0.2, 0) is 35.3 Å². The summed E-state index contributed by atoms with van der Waals surface area (Å²) in [6.07, 6.45) is 1.18. The van der Waals surface area contributed by atoms with Gasteiger partial charge >= 0.3 is 0 Å². The van der Waals surface area contributed by atoms with Crippen molar-refractivity contribution >= 4 is 24.4 Å². The lowest BCUT2D eigenvalue weighted by molar-refractivity contribution is -0.306. The van der Waals surface area contributed by atoms with Crippen molar-refractivity contribution in [2.75, 3.05) is 13.1 Å². The molecular formula is C19H20BN4O8-3. The zero-order chi connectivity index (χ0) is 23.0. The molecule has 2 aromatic rings. The zero-order valence-corrected chi connectivity index (χ0v) is 17.0. The summed E-state index contributed by atoms with van der Waals surface area (Å²) in [4.78, 5) is 36.2. The molecule has 0 aliphatic carbocycles. The van der Waals surface area contributed by atoms with Crippen LogP contribution < -0.4 is 14.9 Å². The number of fused-ring (bicyclic) bond motifs is 1. The Morgan fingerprint density at radius 1 is 1.22 bits per heavy atom. The van der Waals surface area contributed by atoms with E-state index in [1.165, 1.54) is 17.2 Å². The first-order valence-electron chi connectivity index (χ1n) is 10.1. The van der Waals surface area contributed by atoms with Gasteiger partial charge in [-0.2, -0.15) is 0 Å². The Balaban J connectivity index is 1.38. The highest BCUT2D eigenvalue weighted by Gasteiger charge is 2.34. The molecule has 170 valence electrons. The third kappa shape index (κ3) is 4.58. The minimum atomic E-state index is -2.67. The number of ether oxygens (including phenoxy) is 1. The molecule has 32 heavy (non-hydrogen) atoms. The summed E-state index contributed by atoms with van der Waals surface area (Å²) in [5, 5.41) is 49.7. The number of aliphatic carboxylic acids is 1. The van der Waals surface area contributed by atoms with E-state index < -0.39 is 31.1 Å². The van der Waals surface area contributed by atoms with E-state index in [9.17, 15) is 34.6 Å². The molecule has 13 heteroatoms. The predicted octanol–water partition coefficient (Wildman–Crippen LogP) is -3.71. The number of amides is 1. The quantitative estimate of drug-likeness (QED) is 0.404. The van der Waals surface area contributed by atoms with Gasteiger partial charge in [-0.15, -0.1) is 17.7 Å². The van der Waals surface area contributed by atoms with Crippen LogP contribution in [0.3, 0.4) is 0 Å². The van der Waals surface area contributed by atoms with Crippen molar-refractivity contribution in [1.29, 1.82) is 0 Å². The smallest absolute Gasteiger partial charge is 0.240 e. The van der Waals surface area contributed by atoms with Gasteiger partial charge in [0.25, 0.3) is 0 Å². The van der Waals surface area contributed by atoms with Gasteiger partial charge in [0.15, 0.2) is 0 Å². The van der Waals surface area contributed by atoms with Crippen LogP contribution in [0.2, 0.25) is 6.32 Å². The first-order chi connectivity index (χ1) is 15.1. The Kier molecular flexibility index (Phi) is 5.61. The number of rotatable bonds is 7. The van der Waals surface area contributed by atoms with E-state index >= 15 is 0 Å². The van der Waals surface area contributed by atoms with E-state index in [0.29, 0.717) is 23.2 Å². The van der Waals surface area contributed by atoms with Crippen molar-refractivity contribution in [3.05, 3.63) is 40.7 Å². The molecule has 1 saturated heterocycles. The summed E-state index contributed by atoms with van der Waals surface area (Å²) in [6, 6.07) is 3.23. The molecule has 1 aromatic carbocycles. The van der Waals surface area contributed by atoms with Gasteiger partial charge in [-0.3, -0.25) is 4.79 Å². The third-order valence-electron chi connectivity index (χ3n) is 5.69. The van der Waals surface area contributed by atoms with Gasteiger partial charge in [0, 0.05) is 11.8 Å². The lowest BCUT2D eigenvalue weighted by Gasteiger charge is -2.40. The van der Waals surface area contributed by atoms with Crippen molar-refractivity contribution in [3.63, 3.8) is 0 Å². The van der Waals surface area contributed by atoms with Crippen LogP contribution in [0.25, 0.3) is 0 Å². The second-order valence-corrected chi connectivity index (χ2v) is 8.24. The van der Waals surface area contributed by atoms with Gasteiger partial charge in [0.05, 0.1) is 43.7 Å². The largest absolute Gasteiger partial charge is 0.583 e. The van der Waals surface area contributed by atoms with E-state index in [-0.39, 0.29) is 49.4 Å². The number of aryl methyl sites for hydroxylation is 1. The Hall–Kier alpha value is -3.45. The van der Waals surface area contributed by atoms with Crippen molar-refractivity contribution in [1.82, 2.24) is 19.9 Å². The number of carboxylic acid groups (broad SMARTS) is 2. The van der Waals surface area contributed by atoms with Crippen LogP contribution in [0.4, 0.5) is 0 Å². The Bertz CT molecular complexity index is 1080. The summed E-state index contributed by atoms with van der Waals surface area (Å²) < 4.78 is 6.84. The van der Waals surface area contributed by atoms with Crippen LogP contribution in [0.1, 0.15) is 27.2 Å². The summed E-state index contributed by atoms with van der Waals surface area (Å²) in [5.74, 6) is -2.97. The molecule has 0 unspecified atom stereocenters. The van der Waals surface area contributed by atoms with Crippen LogP contribution in [0, 0.1) is 0 Å². The number of benzene rings is 1. The van der Waals surface area contributed by atoms with E-state index in [1.807, 2.05) is 0 Å². The normalized spacial score (nSPS) is 17.4. The van der Waals surface area contributed by atoms with E-state index in [2.05, 4.69) is 10.3 Å². The fourth-order valence-electron chi connectivity index (χ4n) is 4.07. The molecule has 0 saturated carbocycles. The number of likely N-dealkylation sites (tertiary alicyclic amines) is 1. The fraction of sp³-hybridized carbons (Fsp3) is 0.421. The Morgan fingerprint density at radius 3 is 2.66 bits per heavy atom. The number of carbonyl (C=O) groups is 3. The van der Waals surface area contributed by atoms with Crippen LogP contribution in [0.15, 0.2) is 18.3 Å². The Morgan fingerprint density at radius 2 is 1.97 bits per heavy atom. The van der Waals surface area contributed by atoms with Crippen LogP contribution >= 0.6 is 0 Å². The predicted molar refractivity (Wildman–Crippen MR) is 103 cm³/mol. The molecule has 2 N–H and O–H groups in total. The first-order valence-corrected chi connectivity index (χ1v) is 10.1. The lowest BCUT2D eigenvalue weighted by Crippen LogP contribution is -2.56. The Labute approximate surface area is 182 Å². The van der Waals surface area contributed by atoms with E-state index in [1.54, 1.807) is 6.07 Å². The SMILES string of the molecule is O=C([O-])Cn1cc(CC(=O)N2CC(Oc3ccc4c(c3C(=O)[O-])C[B-](O)(O)CC4)C2)nn1. The molecule has 3 heterocycles. The first kappa shape index (κ1) is 21.8. The molecule has 0 atom stereocenters. The van der Waals surface area contributed by atoms with Crippen LogP contribution in [0.5, 0.6) is 5.75 Å². The van der Waals surface area contributed by atoms with Gasteiger partial charge in [-0.05, 0) is 11.6 Å². The topological polar surface area (TPSA) is 181 Å². The van der Waals surface area contributed by atoms with Gasteiger partial charge in [0.2, 0.25) is 12.5 Å². The number of hydrogen-bond donors (Lipinski definition) is 2. The average Bonchev–Trinajstić information content (AvgIpc) is 3.08. The highest BCUT2D eigenvalue weighted by molar-refractivity contribution is 6.64. The van der Waals surface area contributed by atoms with E-state index in [4.69, 9.17) is 4.74 Å². The molecule has 12 nitrogen and oxygen atoms in total. The molecule has 2 aliphatic heterocycles. The molecule has 0 bridgehead atoms. The standard InChI is InChI=1S/C19H22BN4O8/c25-16(5-12-7-24(22-21-12)10-17(26)27)23-8-13(9-23)32-15-2-1-11-3-4-20(30,31)6-14(11)18(15)19(28)29/h1-2,7,13,30-31H,3-6,8-10H2,(H,26,27)(H,28,29)/q-1/p-2. The van der Waals surface area contributed by atoms with Gasteiger partial charge in [-0.25, -0.2) is 4.68 Å². The average molecular weight is 443 g/mol. The molecule has 1 amide bonds. The van der Waals surface area contributed by atoms with Crippen molar-refractivity contribution in [3.8, 4) is 5.75 Å². The molecule has 1 aromatic heterocycles. The molecule has 2 aliphatic rings. The maximum Gasteiger partial charge on any atom is 0.240 e. The minimum absolute atomic E-state index is 0.0690. The fourth-order valence-corrected chi connectivity index (χ4v) is 4.07. The van der Waals surface area contributed by atoms with Gasteiger partial charge < -0.3 is 39.5 Å². The minimum Gasteiger partial charge on any atom is -0.583 e. The summed E-state index contributed by atoms with van der Waals surface area (Å²) in [7, 11) is 0. The summed E-state index contributed by atoms with van der Waals surface area (Å²) in [5.41, 5.74) is 1.15. The molecular weight excluding hydrogens is 423 g/mol. The summed E-state index contributed by atoms with van der Waals surface area (Å²) >= 11 is 0. The zero-order valence-electron chi connectivity index (χ0n) is 17.0.